The first-order valence-electron chi connectivity index (χ1n) is 8.27. The van der Waals surface area contributed by atoms with Gasteiger partial charge < -0.3 is 14.7 Å². The summed E-state index contributed by atoms with van der Waals surface area (Å²) in [5, 5.41) is 7.40. The van der Waals surface area contributed by atoms with Gasteiger partial charge in [0.25, 0.3) is 0 Å². The third-order valence-electron chi connectivity index (χ3n) is 4.00. The standard InChI is InChI=1S/C16H29N5O.HI/c1-11(2)15-19-14(22-20-15)6-7-18-16(17-5)21-9-12(3)8-13(4)10-21;/h11-13H,6-10H2,1-5H3,(H,17,18);1H. The molecule has 2 atom stereocenters. The third-order valence-corrected chi connectivity index (χ3v) is 4.00. The van der Waals surface area contributed by atoms with E-state index in [-0.39, 0.29) is 24.0 Å². The summed E-state index contributed by atoms with van der Waals surface area (Å²) in [6, 6.07) is 0. The molecule has 2 heterocycles. The van der Waals surface area contributed by atoms with Gasteiger partial charge in [0.2, 0.25) is 5.89 Å². The second-order valence-corrected chi connectivity index (χ2v) is 6.78. The Bertz CT molecular complexity index is 492. The number of rotatable bonds is 4. The summed E-state index contributed by atoms with van der Waals surface area (Å²) in [5.41, 5.74) is 0. The van der Waals surface area contributed by atoms with E-state index in [9.17, 15) is 0 Å². The van der Waals surface area contributed by atoms with Crippen molar-refractivity contribution in [1.82, 2.24) is 20.4 Å². The number of aromatic nitrogens is 2. The molecule has 1 aromatic heterocycles. The molecule has 2 unspecified atom stereocenters. The normalized spacial score (nSPS) is 22.2. The van der Waals surface area contributed by atoms with Crippen molar-refractivity contribution in [2.75, 3.05) is 26.7 Å². The molecule has 1 aliphatic rings. The minimum Gasteiger partial charge on any atom is -0.356 e. The summed E-state index contributed by atoms with van der Waals surface area (Å²) in [7, 11) is 1.84. The Hall–Kier alpha value is -0.860. The fraction of sp³-hybridized carbons (Fsp3) is 0.812. The van der Waals surface area contributed by atoms with Crippen LogP contribution in [0.4, 0.5) is 0 Å². The smallest absolute Gasteiger partial charge is 0.228 e. The van der Waals surface area contributed by atoms with Gasteiger partial charge in [0.1, 0.15) is 0 Å². The van der Waals surface area contributed by atoms with Gasteiger partial charge >= 0.3 is 0 Å². The van der Waals surface area contributed by atoms with Crippen molar-refractivity contribution in [3.8, 4) is 0 Å². The Morgan fingerprint density at radius 2 is 2.00 bits per heavy atom. The minimum atomic E-state index is 0. The van der Waals surface area contributed by atoms with Gasteiger partial charge in [-0.1, -0.05) is 32.9 Å². The average molecular weight is 435 g/mol. The zero-order chi connectivity index (χ0) is 16.1. The molecule has 1 aromatic rings. The molecule has 1 N–H and O–H groups in total. The molecule has 132 valence electrons. The van der Waals surface area contributed by atoms with Gasteiger partial charge in [-0.3, -0.25) is 4.99 Å². The average Bonchev–Trinajstić information content (AvgIpc) is 2.91. The molecule has 23 heavy (non-hydrogen) atoms. The van der Waals surface area contributed by atoms with Crippen molar-refractivity contribution in [1.29, 1.82) is 0 Å². The predicted molar refractivity (Wildman–Crippen MR) is 103 cm³/mol. The van der Waals surface area contributed by atoms with Gasteiger partial charge in [0, 0.05) is 39.0 Å². The van der Waals surface area contributed by atoms with Crippen molar-refractivity contribution in [3.05, 3.63) is 11.7 Å². The van der Waals surface area contributed by atoms with E-state index in [0.29, 0.717) is 23.6 Å². The van der Waals surface area contributed by atoms with Crippen molar-refractivity contribution < 1.29 is 4.52 Å². The zero-order valence-electron chi connectivity index (χ0n) is 14.9. The Morgan fingerprint density at radius 3 is 2.52 bits per heavy atom. The van der Waals surface area contributed by atoms with Gasteiger partial charge in [0.15, 0.2) is 11.8 Å². The van der Waals surface area contributed by atoms with Crippen LogP contribution in [0.15, 0.2) is 9.52 Å². The Labute approximate surface area is 156 Å². The molecule has 0 aromatic carbocycles. The summed E-state index contributed by atoms with van der Waals surface area (Å²) in [5.74, 6) is 4.17. The fourth-order valence-electron chi connectivity index (χ4n) is 3.05. The van der Waals surface area contributed by atoms with E-state index in [4.69, 9.17) is 4.52 Å². The SMILES string of the molecule is CN=C(NCCc1nc(C(C)C)no1)N1CC(C)CC(C)C1.I. The monoisotopic (exact) mass is 435 g/mol. The van der Waals surface area contributed by atoms with Crippen LogP contribution in [0, 0.1) is 11.8 Å². The Morgan fingerprint density at radius 1 is 1.35 bits per heavy atom. The number of halogens is 1. The Balaban J connectivity index is 0.00000264. The van der Waals surface area contributed by atoms with E-state index in [1.807, 2.05) is 7.05 Å². The molecule has 1 fully saturated rings. The molecule has 0 aliphatic carbocycles. The molecule has 0 spiro atoms. The molecule has 1 saturated heterocycles. The highest BCUT2D eigenvalue weighted by atomic mass is 127. The Kier molecular flexibility index (Phi) is 8.28. The maximum Gasteiger partial charge on any atom is 0.228 e. The van der Waals surface area contributed by atoms with Gasteiger partial charge in [-0.25, -0.2) is 0 Å². The number of likely N-dealkylation sites (tertiary alicyclic amines) is 1. The predicted octanol–water partition coefficient (Wildman–Crippen LogP) is 2.91. The number of nitrogens with one attached hydrogen (secondary N) is 1. The van der Waals surface area contributed by atoms with Crippen molar-refractivity contribution in [2.45, 2.75) is 46.5 Å². The molecular formula is C16H30IN5O. The van der Waals surface area contributed by atoms with Gasteiger partial charge in [-0.2, -0.15) is 4.98 Å². The minimum absolute atomic E-state index is 0. The molecule has 0 saturated carbocycles. The number of piperidine rings is 1. The lowest BCUT2D eigenvalue weighted by Gasteiger charge is -2.37. The van der Waals surface area contributed by atoms with Crippen molar-refractivity contribution in [2.24, 2.45) is 16.8 Å². The number of aliphatic imine (C=N–C) groups is 1. The first kappa shape index (κ1) is 20.2. The van der Waals surface area contributed by atoms with Gasteiger partial charge in [-0.15, -0.1) is 24.0 Å². The topological polar surface area (TPSA) is 66.5 Å². The second-order valence-electron chi connectivity index (χ2n) is 6.78. The van der Waals surface area contributed by atoms with Crippen LogP contribution in [0.2, 0.25) is 0 Å². The number of hydrogen-bond donors (Lipinski definition) is 1. The van der Waals surface area contributed by atoms with Crippen molar-refractivity contribution >= 4 is 29.9 Å². The lowest BCUT2D eigenvalue weighted by Crippen LogP contribution is -2.48. The second kappa shape index (κ2) is 9.44. The zero-order valence-corrected chi connectivity index (χ0v) is 17.2. The summed E-state index contributed by atoms with van der Waals surface area (Å²) >= 11 is 0. The summed E-state index contributed by atoms with van der Waals surface area (Å²) in [4.78, 5) is 11.2. The molecule has 0 radical (unpaired) electrons. The van der Waals surface area contributed by atoms with E-state index < -0.39 is 0 Å². The molecule has 6 nitrogen and oxygen atoms in total. The van der Waals surface area contributed by atoms with Crippen LogP contribution >= 0.6 is 24.0 Å². The maximum absolute atomic E-state index is 5.27. The van der Waals surface area contributed by atoms with E-state index >= 15 is 0 Å². The van der Waals surface area contributed by atoms with Crippen LogP contribution in [0.25, 0.3) is 0 Å². The highest BCUT2D eigenvalue weighted by Gasteiger charge is 2.23. The van der Waals surface area contributed by atoms with Crippen molar-refractivity contribution in [3.63, 3.8) is 0 Å². The van der Waals surface area contributed by atoms with E-state index in [1.165, 1.54) is 6.42 Å². The quantitative estimate of drug-likeness (QED) is 0.448. The van der Waals surface area contributed by atoms with E-state index in [0.717, 1.165) is 37.8 Å². The number of nitrogens with zero attached hydrogens (tertiary/aromatic N) is 4. The highest BCUT2D eigenvalue weighted by Crippen LogP contribution is 2.20. The van der Waals surface area contributed by atoms with Crippen LogP contribution in [0.5, 0.6) is 0 Å². The molecule has 1 aliphatic heterocycles. The van der Waals surface area contributed by atoms with Crippen LogP contribution in [-0.4, -0.2) is 47.7 Å². The number of hydrogen-bond acceptors (Lipinski definition) is 4. The first-order valence-corrected chi connectivity index (χ1v) is 8.27. The van der Waals surface area contributed by atoms with Crippen LogP contribution < -0.4 is 5.32 Å². The molecule has 0 amide bonds. The van der Waals surface area contributed by atoms with Crippen LogP contribution in [-0.2, 0) is 6.42 Å². The van der Waals surface area contributed by atoms with E-state index in [2.05, 4.69) is 53.0 Å². The fourth-order valence-corrected chi connectivity index (χ4v) is 3.05. The van der Waals surface area contributed by atoms with E-state index in [1.54, 1.807) is 0 Å². The summed E-state index contributed by atoms with van der Waals surface area (Å²) < 4.78 is 5.27. The van der Waals surface area contributed by atoms with Crippen LogP contribution in [0.1, 0.15) is 51.7 Å². The lowest BCUT2D eigenvalue weighted by atomic mass is 9.92. The maximum atomic E-state index is 5.27. The summed E-state index contributed by atoms with van der Waals surface area (Å²) in [6.45, 7) is 11.6. The van der Waals surface area contributed by atoms with Gasteiger partial charge in [-0.05, 0) is 18.3 Å². The molecule has 2 rings (SSSR count). The molecule has 7 heteroatoms. The molecule has 0 bridgehead atoms. The van der Waals surface area contributed by atoms with Crippen LogP contribution in [0.3, 0.4) is 0 Å². The largest absolute Gasteiger partial charge is 0.356 e. The molecular weight excluding hydrogens is 405 g/mol. The number of guanidine groups is 1. The summed E-state index contributed by atoms with van der Waals surface area (Å²) in [6.07, 6.45) is 2.02. The lowest BCUT2D eigenvalue weighted by molar-refractivity contribution is 0.208. The highest BCUT2D eigenvalue weighted by molar-refractivity contribution is 14.0. The van der Waals surface area contributed by atoms with Gasteiger partial charge in [0.05, 0.1) is 0 Å². The third kappa shape index (κ3) is 5.93. The first-order chi connectivity index (χ1) is 10.5.